The Kier molecular flexibility index (Phi) is 6.21. The van der Waals surface area contributed by atoms with E-state index in [9.17, 15) is 13.2 Å². The molecule has 2 N–H and O–H groups in total. The average molecular weight is 404 g/mol. The minimum absolute atomic E-state index is 0.214. The normalized spacial score (nSPS) is 15.8. The van der Waals surface area contributed by atoms with Crippen LogP contribution in [0.3, 0.4) is 0 Å². The van der Waals surface area contributed by atoms with Crippen LogP contribution in [0.15, 0.2) is 48.5 Å². The summed E-state index contributed by atoms with van der Waals surface area (Å²) in [6.07, 6.45) is 3.26. The van der Waals surface area contributed by atoms with E-state index < -0.39 is 15.9 Å². The van der Waals surface area contributed by atoms with Crippen molar-refractivity contribution in [1.82, 2.24) is 4.90 Å². The lowest BCUT2D eigenvalue weighted by Crippen LogP contribution is -2.35. The van der Waals surface area contributed by atoms with Crippen LogP contribution in [0.2, 0.25) is 0 Å². The zero-order valence-corrected chi connectivity index (χ0v) is 16.8. The number of nitrogens with one attached hydrogen (secondary N) is 2. The van der Waals surface area contributed by atoms with Crippen molar-refractivity contribution in [1.29, 1.82) is 0 Å². The van der Waals surface area contributed by atoms with E-state index in [0.29, 0.717) is 5.69 Å². The largest absolute Gasteiger partial charge is 0.490 e. The molecule has 0 atom stereocenters. The monoisotopic (exact) mass is 403 g/mol. The minimum atomic E-state index is -3.48. The lowest BCUT2D eigenvalue weighted by atomic mass is 10.1. The van der Waals surface area contributed by atoms with Crippen molar-refractivity contribution in [2.45, 2.75) is 18.9 Å². The highest BCUT2D eigenvalue weighted by Crippen LogP contribution is 2.22. The Balaban J connectivity index is 1.63. The van der Waals surface area contributed by atoms with Crippen LogP contribution in [0.5, 0.6) is 5.75 Å². The molecule has 1 aliphatic rings. The fourth-order valence-corrected chi connectivity index (χ4v) is 3.66. The summed E-state index contributed by atoms with van der Waals surface area (Å²) in [6.45, 7) is 2.06. The highest BCUT2D eigenvalue weighted by Gasteiger charge is 2.18. The molecular weight excluding hydrogens is 378 g/mol. The number of ether oxygens (including phenoxy) is 1. The SMILES string of the molecule is CN1CCC(Oc2ccc(NC(=O)c3ccccc3NS(C)(=O)=O)cc2)CC1. The lowest BCUT2D eigenvalue weighted by Gasteiger charge is -2.29. The van der Waals surface area contributed by atoms with Gasteiger partial charge in [0.05, 0.1) is 17.5 Å². The average Bonchev–Trinajstić information content (AvgIpc) is 2.64. The molecular formula is C20H25N3O4S. The van der Waals surface area contributed by atoms with E-state index in [4.69, 9.17) is 4.74 Å². The number of carbonyl (C=O) groups excluding carboxylic acids is 1. The van der Waals surface area contributed by atoms with E-state index in [1.807, 2.05) is 12.1 Å². The van der Waals surface area contributed by atoms with E-state index in [-0.39, 0.29) is 17.4 Å². The summed E-state index contributed by atoms with van der Waals surface area (Å²) >= 11 is 0. The number of nitrogens with zero attached hydrogens (tertiary/aromatic N) is 1. The molecule has 8 heteroatoms. The zero-order valence-electron chi connectivity index (χ0n) is 16.0. The van der Waals surface area contributed by atoms with Crippen LogP contribution in [-0.2, 0) is 10.0 Å². The molecule has 0 saturated carbocycles. The first-order valence-corrected chi connectivity index (χ1v) is 11.0. The predicted octanol–water partition coefficient (Wildman–Crippen LogP) is 2.78. The molecule has 150 valence electrons. The van der Waals surface area contributed by atoms with Gasteiger partial charge in [-0.05, 0) is 56.3 Å². The second-order valence-electron chi connectivity index (χ2n) is 7.02. The first kappa shape index (κ1) is 20.2. The van der Waals surface area contributed by atoms with E-state index in [2.05, 4.69) is 22.0 Å². The molecule has 0 unspecified atom stereocenters. The van der Waals surface area contributed by atoms with E-state index in [1.165, 1.54) is 0 Å². The molecule has 1 fully saturated rings. The van der Waals surface area contributed by atoms with Crippen LogP contribution >= 0.6 is 0 Å². The van der Waals surface area contributed by atoms with Gasteiger partial charge in [-0.1, -0.05) is 12.1 Å². The van der Waals surface area contributed by atoms with E-state index in [0.717, 1.165) is 37.9 Å². The van der Waals surface area contributed by atoms with E-state index >= 15 is 0 Å². The van der Waals surface area contributed by atoms with Gasteiger partial charge in [0.25, 0.3) is 5.91 Å². The van der Waals surface area contributed by atoms with Crippen LogP contribution in [0, 0.1) is 0 Å². The molecule has 0 spiro atoms. The maximum Gasteiger partial charge on any atom is 0.257 e. The Bertz CT molecular complexity index is 921. The van der Waals surface area contributed by atoms with Gasteiger partial charge in [0.1, 0.15) is 11.9 Å². The van der Waals surface area contributed by atoms with E-state index in [1.54, 1.807) is 36.4 Å². The number of hydrogen-bond acceptors (Lipinski definition) is 5. The second kappa shape index (κ2) is 8.62. The van der Waals surface area contributed by atoms with Crippen LogP contribution in [0.1, 0.15) is 23.2 Å². The van der Waals surface area contributed by atoms with Crippen LogP contribution in [-0.4, -0.2) is 51.7 Å². The van der Waals surface area contributed by atoms with Gasteiger partial charge in [-0.15, -0.1) is 0 Å². The predicted molar refractivity (Wildman–Crippen MR) is 110 cm³/mol. The van der Waals surface area contributed by atoms with Gasteiger partial charge in [0.2, 0.25) is 10.0 Å². The number of carbonyl (C=O) groups is 1. The number of likely N-dealkylation sites (tertiary alicyclic amines) is 1. The van der Waals surface area contributed by atoms with Gasteiger partial charge in [-0.3, -0.25) is 9.52 Å². The molecule has 1 aliphatic heterocycles. The first-order valence-electron chi connectivity index (χ1n) is 9.13. The molecule has 1 amide bonds. The van der Waals surface area contributed by atoms with Gasteiger partial charge >= 0.3 is 0 Å². The number of anilines is 2. The minimum Gasteiger partial charge on any atom is -0.490 e. The zero-order chi connectivity index (χ0) is 20.1. The summed E-state index contributed by atoms with van der Waals surface area (Å²) in [5.41, 5.74) is 1.10. The Hall–Kier alpha value is -2.58. The Morgan fingerprint density at radius 2 is 1.71 bits per heavy atom. The fraction of sp³-hybridized carbons (Fsp3) is 0.350. The summed E-state index contributed by atoms with van der Waals surface area (Å²) < 4.78 is 31.4. The van der Waals surface area contributed by atoms with Crippen molar-refractivity contribution in [3.05, 3.63) is 54.1 Å². The standard InChI is InChI=1S/C20H25N3O4S/c1-23-13-11-17(12-14-23)27-16-9-7-15(8-10-16)21-20(24)18-5-3-4-6-19(18)22-28(2,25)26/h3-10,17,22H,11-14H2,1-2H3,(H,21,24). The summed E-state index contributed by atoms with van der Waals surface area (Å²) in [5, 5.41) is 2.79. The number of benzene rings is 2. The molecule has 2 aromatic carbocycles. The van der Waals surface area contributed by atoms with Crippen LogP contribution in [0.25, 0.3) is 0 Å². The molecule has 0 aromatic heterocycles. The second-order valence-corrected chi connectivity index (χ2v) is 8.77. The van der Waals surface area contributed by atoms with Crippen molar-refractivity contribution in [3.8, 4) is 5.75 Å². The highest BCUT2D eigenvalue weighted by atomic mass is 32.2. The Morgan fingerprint density at radius 1 is 1.07 bits per heavy atom. The van der Waals surface area contributed by atoms with Crippen molar-refractivity contribution in [2.75, 3.05) is 36.4 Å². The van der Waals surface area contributed by atoms with Gasteiger partial charge in [0.15, 0.2) is 0 Å². The summed E-state index contributed by atoms with van der Waals surface area (Å²) in [6, 6.07) is 13.7. The molecule has 0 bridgehead atoms. The third kappa shape index (κ3) is 5.71. The lowest BCUT2D eigenvalue weighted by molar-refractivity contribution is 0.102. The molecule has 1 saturated heterocycles. The first-order chi connectivity index (χ1) is 13.3. The Labute approximate surface area is 165 Å². The molecule has 0 aliphatic carbocycles. The van der Waals surface area contributed by atoms with Gasteiger partial charge in [-0.25, -0.2) is 8.42 Å². The molecule has 0 radical (unpaired) electrons. The maximum atomic E-state index is 12.6. The number of sulfonamides is 1. The summed E-state index contributed by atoms with van der Waals surface area (Å²) in [7, 11) is -1.37. The third-order valence-corrected chi connectivity index (χ3v) is 5.14. The van der Waals surface area contributed by atoms with Crippen molar-refractivity contribution < 1.29 is 17.9 Å². The van der Waals surface area contributed by atoms with Crippen molar-refractivity contribution in [2.24, 2.45) is 0 Å². The summed E-state index contributed by atoms with van der Waals surface area (Å²) in [4.78, 5) is 14.9. The molecule has 2 aromatic rings. The van der Waals surface area contributed by atoms with Gasteiger partial charge in [-0.2, -0.15) is 0 Å². The third-order valence-electron chi connectivity index (χ3n) is 4.55. The van der Waals surface area contributed by atoms with Crippen molar-refractivity contribution >= 4 is 27.3 Å². The van der Waals surface area contributed by atoms with Crippen molar-refractivity contribution in [3.63, 3.8) is 0 Å². The number of hydrogen-bond donors (Lipinski definition) is 2. The number of amides is 1. The quantitative estimate of drug-likeness (QED) is 0.774. The molecule has 1 heterocycles. The topological polar surface area (TPSA) is 87.7 Å². The van der Waals surface area contributed by atoms with Crippen LogP contribution in [0.4, 0.5) is 11.4 Å². The fourth-order valence-electron chi connectivity index (χ4n) is 3.08. The summed E-state index contributed by atoms with van der Waals surface area (Å²) in [5.74, 6) is 0.377. The van der Waals surface area contributed by atoms with Gasteiger partial charge in [0, 0.05) is 18.8 Å². The van der Waals surface area contributed by atoms with Gasteiger partial charge < -0.3 is 15.0 Å². The Morgan fingerprint density at radius 3 is 2.36 bits per heavy atom. The smallest absolute Gasteiger partial charge is 0.257 e. The molecule has 7 nitrogen and oxygen atoms in total. The molecule has 28 heavy (non-hydrogen) atoms. The number of rotatable bonds is 6. The number of piperidine rings is 1. The highest BCUT2D eigenvalue weighted by molar-refractivity contribution is 7.92. The van der Waals surface area contributed by atoms with Crippen LogP contribution < -0.4 is 14.8 Å². The maximum absolute atomic E-state index is 12.6. The number of para-hydroxylation sites is 1. The molecule has 3 rings (SSSR count).